The smallest absolute Gasteiger partial charge is 0.0991 e. The number of nitrogens with zero attached hydrogens (tertiary/aromatic N) is 1. The Morgan fingerprint density at radius 3 is 2.90 bits per heavy atom. The first-order valence-corrected chi connectivity index (χ1v) is 7.57. The van der Waals surface area contributed by atoms with Gasteiger partial charge in [-0.3, -0.25) is 0 Å². The van der Waals surface area contributed by atoms with Crippen LogP contribution in [0.25, 0.3) is 0 Å². The Morgan fingerprint density at radius 1 is 1.40 bits per heavy atom. The van der Waals surface area contributed by atoms with Crippen molar-refractivity contribution >= 4 is 5.69 Å². The molecule has 1 heterocycles. The van der Waals surface area contributed by atoms with Crippen LogP contribution in [-0.4, -0.2) is 12.6 Å². The summed E-state index contributed by atoms with van der Waals surface area (Å²) in [6.07, 6.45) is 3.79. The first kappa shape index (κ1) is 13.5. The molecule has 3 heteroatoms. The zero-order valence-corrected chi connectivity index (χ0v) is 12.3. The second-order valence-electron chi connectivity index (χ2n) is 6.93. The van der Waals surface area contributed by atoms with Gasteiger partial charge in [0.05, 0.1) is 11.6 Å². The largest absolute Gasteiger partial charge is 0.381 e. The minimum Gasteiger partial charge on any atom is -0.381 e. The summed E-state index contributed by atoms with van der Waals surface area (Å²) in [5.74, 6) is 1.24. The number of hydrogen-bond donors (Lipinski definition) is 2. The van der Waals surface area contributed by atoms with Gasteiger partial charge in [-0.15, -0.1) is 0 Å². The normalized spacial score (nSPS) is 28.2. The lowest BCUT2D eigenvalue weighted by molar-refractivity contribution is 0.221. The molecular formula is C17H23N3. The van der Waals surface area contributed by atoms with Crippen molar-refractivity contribution in [3.63, 3.8) is 0 Å². The fourth-order valence-corrected chi connectivity index (χ4v) is 4.02. The van der Waals surface area contributed by atoms with Gasteiger partial charge in [0.2, 0.25) is 0 Å². The number of benzene rings is 1. The molecule has 0 spiro atoms. The predicted octanol–water partition coefficient (Wildman–Crippen LogP) is 3.22. The van der Waals surface area contributed by atoms with E-state index in [1.54, 1.807) is 0 Å². The third kappa shape index (κ3) is 1.99. The van der Waals surface area contributed by atoms with Crippen LogP contribution in [0.15, 0.2) is 18.2 Å². The number of nitrogens with one attached hydrogen (secondary N) is 1. The number of rotatable bonds is 2. The van der Waals surface area contributed by atoms with Crippen LogP contribution in [0.5, 0.6) is 0 Å². The molecule has 1 fully saturated rings. The Hall–Kier alpha value is -1.53. The molecule has 1 aromatic carbocycles. The van der Waals surface area contributed by atoms with E-state index < -0.39 is 0 Å². The van der Waals surface area contributed by atoms with Gasteiger partial charge in [-0.05, 0) is 60.4 Å². The maximum absolute atomic E-state index is 9.11. The lowest BCUT2D eigenvalue weighted by Crippen LogP contribution is -2.49. The molecule has 1 aromatic rings. The maximum Gasteiger partial charge on any atom is 0.0991 e. The standard InChI is InChI=1S/C17H23N3/c1-17(2,10-19)16-13-5-3-4-12(13)14-8-11(9-18)6-7-15(14)20-16/h6-8,12-13,16,20H,3-5,10,19H2,1-2H3. The summed E-state index contributed by atoms with van der Waals surface area (Å²) in [6, 6.07) is 8.75. The summed E-state index contributed by atoms with van der Waals surface area (Å²) in [5, 5.41) is 12.8. The van der Waals surface area contributed by atoms with Crippen LogP contribution in [0, 0.1) is 22.7 Å². The second-order valence-corrected chi connectivity index (χ2v) is 6.93. The molecule has 3 nitrogen and oxygen atoms in total. The molecule has 0 bridgehead atoms. The van der Waals surface area contributed by atoms with Gasteiger partial charge in [-0.1, -0.05) is 20.3 Å². The minimum atomic E-state index is 0.0961. The fourth-order valence-electron chi connectivity index (χ4n) is 4.02. The Labute approximate surface area is 121 Å². The molecule has 106 valence electrons. The molecule has 3 unspecified atom stereocenters. The highest BCUT2D eigenvalue weighted by molar-refractivity contribution is 5.60. The lowest BCUT2D eigenvalue weighted by atomic mass is 9.69. The molecule has 3 atom stereocenters. The van der Waals surface area contributed by atoms with Crippen LogP contribution in [-0.2, 0) is 0 Å². The third-order valence-electron chi connectivity index (χ3n) is 5.26. The van der Waals surface area contributed by atoms with Gasteiger partial charge in [0.1, 0.15) is 0 Å². The quantitative estimate of drug-likeness (QED) is 0.866. The van der Waals surface area contributed by atoms with Gasteiger partial charge in [0, 0.05) is 11.7 Å². The highest BCUT2D eigenvalue weighted by Crippen LogP contribution is 2.51. The average molecular weight is 269 g/mol. The van der Waals surface area contributed by atoms with Crippen LogP contribution < -0.4 is 11.1 Å². The van der Waals surface area contributed by atoms with Crippen molar-refractivity contribution in [3.8, 4) is 6.07 Å². The molecule has 20 heavy (non-hydrogen) atoms. The molecule has 0 aromatic heterocycles. The molecule has 0 radical (unpaired) electrons. The Morgan fingerprint density at radius 2 is 2.20 bits per heavy atom. The highest BCUT2D eigenvalue weighted by atomic mass is 15.0. The lowest BCUT2D eigenvalue weighted by Gasteiger charge is -2.45. The second kappa shape index (κ2) is 4.79. The van der Waals surface area contributed by atoms with E-state index in [4.69, 9.17) is 11.0 Å². The van der Waals surface area contributed by atoms with Crippen LogP contribution in [0.1, 0.15) is 50.2 Å². The van der Waals surface area contributed by atoms with Gasteiger partial charge in [0.25, 0.3) is 0 Å². The molecule has 3 N–H and O–H groups in total. The highest BCUT2D eigenvalue weighted by Gasteiger charge is 2.45. The summed E-state index contributed by atoms with van der Waals surface area (Å²) >= 11 is 0. The summed E-state index contributed by atoms with van der Waals surface area (Å²) in [4.78, 5) is 0. The van der Waals surface area contributed by atoms with Crippen molar-refractivity contribution in [2.24, 2.45) is 17.1 Å². The van der Waals surface area contributed by atoms with Crippen molar-refractivity contribution in [2.45, 2.75) is 45.1 Å². The molecular weight excluding hydrogens is 246 g/mol. The Bertz CT molecular complexity index is 556. The zero-order chi connectivity index (χ0) is 14.3. The monoisotopic (exact) mass is 269 g/mol. The van der Waals surface area contributed by atoms with Gasteiger partial charge >= 0.3 is 0 Å². The number of hydrogen-bond acceptors (Lipinski definition) is 3. The maximum atomic E-state index is 9.11. The van der Waals surface area contributed by atoms with E-state index in [2.05, 4.69) is 37.4 Å². The van der Waals surface area contributed by atoms with E-state index in [-0.39, 0.29) is 5.41 Å². The molecule has 1 aliphatic heterocycles. The minimum absolute atomic E-state index is 0.0961. The van der Waals surface area contributed by atoms with Crippen LogP contribution >= 0.6 is 0 Å². The van der Waals surface area contributed by atoms with Crippen LogP contribution in [0.4, 0.5) is 5.69 Å². The molecule has 1 saturated carbocycles. The Balaban J connectivity index is 2.04. The number of anilines is 1. The number of nitrogens with two attached hydrogens (primary N) is 1. The van der Waals surface area contributed by atoms with Crippen LogP contribution in [0.3, 0.4) is 0 Å². The van der Waals surface area contributed by atoms with Gasteiger partial charge in [-0.25, -0.2) is 0 Å². The Kier molecular flexibility index (Phi) is 3.22. The van der Waals surface area contributed by atoms with E-state index in [1.807, 2.05) is 6.07 Å². The van der Waals surface area contributed by atoms with E-state index in [0.29, 0.717) is 24.4 Å². The zero-order valence-electron chi connectivity index (χ0n) is 12.3. The van der Waals surface area contributed by atoms with E-state index in [1.165, 1.54) is 30.5 Å². The fraction of sp³-hybridized carbons (Fsp3) is 0.588. The topological polar surface area (TPSA) is 61.8 Å². The molecule has 0 saturated heterocycles. The number of fused-ring (bicyclic) bond motifs is 3. The predicted molar refractivity (Wildman–Crippen MR) is 81.5 cm³/mol. The molecule has 0 amide bonds. The number of nitriles is 1. The molecule has 2 aliphatic rings. The summed E-state index contributed by atoms with van der Waals surface area (Å²) in [6.45, 7) is 5.21. The summed E-state index contributed by atoms with van der Waals surface area (Å²) < 4.78 is 0. The summed E-state index contributed by atoms with van der Waals surface area (Å²) in [7, 11) is 0. The van der Waals surface area contributed by atoms with Gasteiger partial charge < -0.3 is 11.1 Å². The summed E-state index contributed by atoms with van der Waals surface area (Å²) in [5.41, 5.74) is 9.42. The average Bonchev–Trinajstić information content (AvgIpc) is 2.95. The molecule has 3 rings (SSSR count). The third-order valence-corrected chi connectivity index (χ3v) is 5.26. The van der Waals surface area contributed by atoms with Crippen molar-refractivity contribution in [1.29, 1.82) is 5.26 Å². The van der Waals surface area contributed by atoms with E-state index >= 15 is 0 Å². The van der Waals surface area contributed by atoms with Crippen molar-refractivity contribution in [1.82, 2.24) is 0 Å². The van der Waals surface area contributed by atoms with Gasteiger partial charge in [0.15, 0.2) is 0 Å². The van der Waals surface area contributed by atoms with Gasteiger partial charge in [-0.2, -0.15) is 5.26 Å². The van der Waals surface area contributed by atoms with Crippen molar-refractivity contribution in [3.05, 3.63) is 29.3 Å². The van der Waals surface area contributed by atoms with E-state index in [0.717, 1.165) is 5.56 Å². The first-order valence-electron chi connectivity index (χ1n) is 7.57. The first-order chi connectivity index (χ1) is 9.56. The van der Waals surface area contributed by atoms with Crippen molar-refractivity contribution in [2.75, 3.05) is 11.9 Å². The van der Waals surface area contributed by atoms with E-state index in [9.17, 15) is 0 Å². The molecule has 1 aliphatic carbocycles. The van der Waals surface area contributed by atoms with Crippen LogP contribution in [0.2, 0.25) is 0 Å². The SMILES string of the molecule is CC(C)(CN)C1Nc2ccc(C#N)cc2C2CCCC21. The van der Waals surface area contributed by atoms with Crippen molar-refractivity contribution < 1.29 is 0 Å².